The molecule has 2 fully saturated rings. The van der Waals surface area contributed by atoms with Gasteiger partial charge in [-0.25, -0.2) is 4.79 Å². The number of hydrogen-bond acceptors (Lipinski definition) is 1. The van der Waals surface area contributed by atoms with E-state index in [-0.39, 0.29) is 12.1 Å². The molecule has 3 nitrogen and oxygen atoms in total. The van der Waals surface area contributed by atoms with E-state index in [2.05, 4.69) is 10.2 Å². The maximum Gasteiger partial charge on any atom is 0.317 e. The number of amides is 2. The maximum absolute atomic E-state index is 12.0. The van der Waals surface area contributed by atoms with Crippen LogP contribution in [0.2, 0.25) is 0 Å². The molecule has 1 N–H and O–H groups in total. The van der Waals surface area contributed by atoms with Crippen molar-refractivity contribution in [2.24, 2.45) is 5.92 Å². The monoisotopic (exact) mass is 224 g/mol. The largest absolute Gasteiger partial charge is 0.336 e. The average molecular weight is 224 g/mol. The number of urea groups is 1. The third-order valence-corrected chi connectivity index (χ3v) is 3.92. The molecule has 3 heteroatoms. The van der Waals surface area contributed by atoms with Crippen molar-refractivity contribution in [2.45, 2.75) is 64.5 Å². The van der Waals surface area contributed by atoms with E-state index in [0.717, 1.165) is 12.5 Å². The van der Waals surface area contributed by atoms with Gasteiger partial charge in [0, 0.05) is 18.6 Å². The van der Waals surface area contributed by atoms with E-state index in [1.807, 2.05) is 13.8 Å². The highest BCUT2D eigenvalue weighted by atomic mass is 16.2. The van der Waals surface area contributed by atoms with E-state index in [0.29, 0.717) is 6.04 Å². The molecular formula is C13H24N2O. The predicted octanol–water partition coefficient (Wildman–Crippen LogP) is 2.76. The summed E-state index contributed by atoms with van der Waals surface area (Å²) in [5.74, 6) is 0.778. The number of hydrogen-bond donors (Lipinski definition) is 1. The lowest BCUT2D eigenvalue weighted by Crippen LogP contribution is -2.47. The Hall–Kier alpha value is -0.730. The van der Waals surface area contributed by atoms with Gasteiger partial charge in [0.15, 0.2) is 0 Å². The van der Waals surface area contributed by atoms with Crippen LogP contribution in [-0.4, -0.2) is 29.6 Å². The molecule has 0 aromatic rings. The molecule has 0 spiro atoms. The van der Waals surface area contributed by atoms with E-state index in [4.69, 9.17) is 0 Å². The Balaban J connectivity index is 1.94. The molecule has 1 aliphatic carbocycles. The first-order chi connectivity index (χ1) is 7.68. The standard InChI is InChI=1S/C13H24N2O/c1-10(2)14-13(16)15-9-5-8-12(15)11-6-3-4-7-11/h10-12H,3-9H2,1-2H3,(H,14,16). The SMILES string of the molecule is CC(C)NC(=O)N1CCCC1C1CCCC1. The Morgan fingerprint density at radius 2 is 1.88 bits per heavy atom. The molecule has 1 saturated carbocycles. The second-order valence-corrected chi connectivity index (χ2v) is 5.55. The van der Waals surface area contributed by atoms with E-state index in [9.17, 15) is 4.79 Å². The van der Waals surface area contributed by atoms with Gasteiger partial charge in [-0.1, -0.05) is 12.8 Å². The van der Waals surface area contributed by atoms with E-state index < -0.39 is 0 Å². The molecule has 1 aliphatic heterocycles. The zero-order valence-corrected chi connectivity index (χ0v) is 10.5. The Labute approximate surface area is 98.6 Å². The second-order valence-electron chi connectivity index (χ2n) is 5.55. The molecule has 0 aromatic heterocycles. The van der Waals surface area contributed by atoms with Gasteiger partial charge in [-0.05, 0) is 45.4 Å². The van der Waals surface area contributed by atoms with Crippen LogP contribution in [0, 0.1) is 5.92 Å². The van der Waals surface area contributed by atoms with Crippen molar-refractivity contribution >= 4 is 6.03 Å². The van der Waals surface area contributed by atoms with Crippen LogP contribution in [0.5, 0.6) is 0 Å². The van der Waals surface area contributed by atoms with Crippen LogP contribution in [0.4, 0.5) is 4.79 Å². The van der Waals surface area contributed by atoms with Gasteiger partial charge in [0.25, 0.3) is 0 Å². The van der Waals surface area contributed by atoms with Crippen LogP contribution in [0.1, 0.15) is 52.4 Å². The second kappa shape index (κ2) is 5.07. The fourth-order valence-corrected chi connectivity index (χ4v) is 3.21. The molecular weight excluding hydrogens is 200 g/mol. The van der Waals surface area contributed by atoms with Gasteiger partial charge in [-0.3, -0.25) is 0 Å². The maximum atomic E-state index is 12.0. The lowest BCUT2D eigenvalue weighted by molar-refractivity contribution is 0.170. The summed E-state index contributed by atoms with van der Waals surface area (Å²) in [4.78, 5) is 14.1. The van der Waals surface area contributed by atoms with Gasteiger partial charge in [0.1, 0.15) is 0 Å². The molecule has 1 heterocycles. The summed E-state index contributed by atoms with van der Waals surface area (Å²) in [7, 11) is 0. The molecule has 2 amide bonds. The van der Waals surface area contributed by atoms with Crippen molar-refractivity contribution in [2.75, 3.05) is 6.54 Å². The summed E-state index contributed by atoms with van der Waals surface area (Å²) in [5.41, 5.74) is 0. The minimum atomic E-state index is 0.157. The van der Waals surface area contributed by atoms with Crippen LogP contribution < -0.4 is 5.32 Å². The summed E-state index contributed by atoms with van der Waals surface area (Å²) in [6.07, 6.45) is 7.79. The lowest BCUT2D eigenvalue weighted by Gasteiger charge is -2.30. The van der Waals surface area contributed by atoms with Crippen molar-refractivity contribution in [3.05, 3.63) is 0 Å². The number of carbonyl (C=O) groups excluding carboxylic acids is 1. The van der Waals surface area contributed by atoms with Gasteiger partial charge < -0.3 is 10.2 Å². The number of nitrogens with one attached hydrogen (secondary N) is 1. The average Bonchev–Trinajstić information content (AvgIpc) is 2.87. The third kappa shape index (κ3) is 2.50. The van der Waals surface area contributed by atoms with E-state index in [1.165, 1.54) is 38.5 Å². The summed E-state index contributed by atoms with van der Waals surface area (Å²) in [6.45, 7) is 5.01. The van der Waals surface area contributed by atoms with Crippen LogP contribution in [0.15, 0.2) is 0 Å². The van der Waals surface area contributed by atoms with Gasteiger partial charge in [0.2, 0.25) is 0 Å². The van der Waals surface area contributed by atoms with Crippen molar-refractivity contribution in [1.82, 2.24) is 10.2 Å². The lowest BCUT2D eigenvalue weighted by atomic mass is 9.96. The molecule has 0 bridgehead atoms. The summed E-state index contributed by atoms with van der Waals surface area (Å²) in [5, 5.41) is 3.03. The van der Waals surface area contributed by atoms with E-state index in [1.54, 1.807) is 0 Å². The molecule has 92 valence electrons. The Morgan fingerprint density at radius 3 is 2.50 bits per heavy atom. The number of likely N-dealkylation sites (tertiary alicyclic amines) is 1. The first kappa shape index (κ1) is 11.7. The molecule has 1 atom stereocenters. The molecule has 16 heavy (non-hydrogen) atoms. The van der Waals surface area contributed by atoms with Crippen molar-refractivity contribution in [3.63, 3.8) is 0 Å². The highest BCUT2D eigenvalue weighted by Gasteiger charge is 2.35. The zero-order valence-electron chi connectivity index (χ0n) is 10.5. The van der Waals surface area contributed by atoms with Gasteiger partial charge in [-0.15, -0.1) is 0 Å². The van der Waals surface area contributed by atoms with Crippen molar-refractivity contribution in [1.29, 1.82) is 0 Å². The van der Waals surface area contributed by atoms with Crippen LogP contribution in [0.25, 0.3) is 0 Å². The fourth-order valence-electron chi connectivity index (χ4n) is 3.21. The minimum absolute atomic E-state index is 0.157. The topological polar surface area (TPSA) is 32.3 Å². The zero-order chi connectivity index (χ0) is 11.5. The van der Waals surface area contributed by atoms with Crippen LogP contribution in [-0.2, 0) is 0 Å². The predicted molar refractivity (Wildman–Crippen MR) is 65.4 cm³/mol. The molecule has 2 rings (SSSR count). The van der Waals surface area contributed by atoms with Gasteiger partial charge in [-0.2, -0.15) is 0 Å². The summed E-state index contributed by atoms with van der Waals surface area (Å²) in [6, 6.07) is 0.933. The van der Waals surface area contributed by atoms with Crippen molar-refractivity contribution in [3.8, 4) is 0 Å². The van der Waals surface area contributed by atoms with Crippen LogP contribution in [0.3, 0.4) is 0 Å². The molecule has 1 unspecified atom stereocenters. The minimum Gasteiger partial charge on any atom is -0.336 e. The summed E-state index contributed by atoms with van der Waals surface area (Å²) < 4.78 is 0. The highest BCUT2D eigenvalue weighted by molar-refractivity contribution is 5.75. The number of rotatable bonds is 2. The molecule has 0 aromatic carbocycles. The summed E-state index contributed by atoms with van der Waals surface area (Å²) >= 11 is 0. The van der Waals surface area contributed by atoms with Crippen molar-refractivity contribution < 1.29 is 4.79 Å². The first-order valence-corrected chi connectivity index (χ1v) is 6.75. The van der Waals surface area contributed by atoms with E-state index >= 15 is 0 Å². The van der Waals surface area contributed by atoms with Crippen LogP contribution >= 0.6 is 0 Å². The highest BCUT2D eigenvalue weighted by Crippen LogP contribution is 2.35. The van der Waals surface area contributed by atoms with Gasteiger partial charge in [0.05, 0.1) is 0 Å². The molecule has 0 radical (unpaired) electrons. The van der Waals surface area contributed by atoms with Gasteiger partial charge >= 0.3 is 6.03 Å². The Morgan fingerprint density at radius 1 is 1.19 bits per heavy atom. The Bertz CT molecular complexity index is 246. The fraction of sp³-hybridized carbons (Fsp3) is 0.923. The quantitative estimate of drug-likeness (QED) is 0.768. The number of carbonyl (C=O) groups is 1. The molecule has 1 saturated heterocycles. The number of nitrogens with zero attached hydrogens (tertiary/aromatic N) is 1. The normalized spacial score (nSPS) is 26.7. The third-order valence-electron chi connectivity index (χ3n) is 3.92. The molecule has 2 aliphatic rings. The first-order valence-electron chi connectivity index (χ1n) is 6.75. The Kier molecular flexibility index (Phi) is 3.72. The smallest absolute Gasteiger partial charge is 0.317 e.